The van der Waals surface area contributed by atoms with Gasteiger partial charge in [0, 0.05) is 6.42 Å². The first kappa shape index (κ1) is 20.4. The number of sulfone groups is 1. The van der Waals surface area contributed by atoms with Gasteiger partial charge < -0.3 is 15.2 Å². The van der Waals surface area contributed by atoms with Crippen LogP contribution >= 0.6 is 0 Å². The summed E-state index contributed by atoms with van der Waals surface area (Å²) in [5.74, 6) is -1.10. The van der Waals surface area contributed by atoms with Crippen LogP contribution in [0.15, 0.2) is 47.4 Å². The van der Waals surface area contributed by atoms with Crippen molar-refractivity contribution in [1.82, 2.24) is 0 Å². The number of hydrogen-bond acceptors (Lipinski definition) is 5. The highest BCUT2D eigenvalue weighted by molar-refractivity contribution is 7.91. The van der Waals surface area contributed by atoms with E-state index in [9.17, 15) is 23.1 Å². The molecule has 0 saturated carbocycles. The molecule has 0 atom stereocenters. The number of nitrogens with one attached hydrogen (secondary N) is 1. The molecule has 2 aromatic rings. The number of hydrogen-bond donors (Lipinski definition) is 2. The van der Waals surface area contributed by atoms with Crippen molar-refractivity contribution in [3.63, 3.8) is 0 Å². The van der Waals surface area contributed by atoms with E-state index in [2.05, 4.69) is 5.32 Å². The Morgan fingerprint density at radius 1 is 1.11 bits per heavy atom. The van der Waals surface area contributed by atoms with Crippen LogP contribution in [0.5, 0.6) is 5.75 Å². The zero-order chi connectivity index (χ0) is 20.0. The maximum atomic E-state index is 12.2. The lowest BCUT2D eigenvalue weighted by Crippen LogP contribution is -2.15. The molecule has 8 heteroatoms. The lowest BCUT2D eigenvalue weighted by atomic mass is 10.1. The Bertz CT molecular complexity index is 935. The topological polar surface area (TPSA) is 110 Å². The van der Waals surface area contributed by atoms with Crippen molar-refractivity contribution >= 4 is 27.4 Å². The molecule has 0 spiro atoms. The Hall–Kier alpha value is -2.87. The van der Waals surface area contributed by atoms with Crippen LogP contribution in [0.2, 0.25) is 0 Å². The largest absolute Gasteiger partial charge is 0.497 e. The highest BCUT2D eigenvalue weighted by atomic mass is 32.2. The molecular formula is C19H21NO6S. The fourth-order valence-corrected chi connectivity index (χ4v) is 3.32. The van der Waals surface area contributed by atoms with E-state index in [1.165, 1.54) is 31.4 Å². The van der Waals surface area contributed by atoms with E-state index in [-0.39, 0.29) is 34.2 Å². The lowest BCUT2D eigenvalue weighted by molar-refractivity contribution is -0.116. The number of rotatable bonds is 8. The summed E-state index contributed by atoms with van der Waals surface area (Å²) in [5.41, 5.74) is 0.947. The summed E-state index contributed by atoms with van der Waals surface area (Å²) in [5, 5.41) is 11.8. The van der Waals surface area contributed by atoms with Crippen LogP contribution in [0.1, 0.15) is 29.3 Å². The summed E-state index contributed by atoms with van der Waals surface area (Å²) in [6.45, 7) is 1.58. The van der Waals surface area contributed by atoms with Gasteiger partial charge in [-0.15, -0.1) is 0 Å². The molecule has 2 aromatic carbocycles. The smallest absolute Gasteiger partial charge is 0.337 e. The average Bonchev–Trinajstić information content (AvgIpc) is 2.66. The van der Waals surface area contributed by atoms with E-state index < -0.39 is 15.8 Å². The summed E-state index contributed by atoms with van der Waals surface area (Å²) < 4.78 is 28.6. The maximum Gasteiger partial charge on any atom is 0.337 e. The molecule has 0 saturated heterocycles. The number of aromatic carboxylic acids is 1. The van der Waals surface area contributed by atoms with Gasteiger partial charge in [-0.3, -0.25) is 4.79 Å². The molecule has 0 bridgehead atoms. The van der Waals surface area contributed by atoms with Gasteiger partial charge in [-0.25, -0.2) is 13.2 Å². The van der Waals surface area contributed by atoms with Gasteiger partial charge in [-0.2, -0.15) is 0 Å². The monoisotopic (exact) mass is 391 g/mol. The van der Waals surface area contributed by atoms with Crippen molar-refractivity contribution in [2.24, 2.45) is 0 Å². The Morgan fingerprint density at radius 2 is 1.78 bits per heavy atom. The number of benzene rings is 2. The number of amides is 1. The summed E-state index contributed by atoms with van der Waals surface area (Å²) in [6.07, 6.45) is 0.530. The van der Waals surface area contributed by atoms with Gasteiger partial charge in [-0.1, -0.05) is 19.1 Å². The van der Waals surface area contributed by atoms with Crippen molar-refractivity contribution < 1.29 is 27.9 Å². The average molecular weight is 391 g/mol. The summed E-state index contributed by atoms with van der Waals surface area (Å²) in [7, 11) is -1.82. The third-order valence-electron chi connectivity index (χ3n) is 4.03. The third-order valence-corrected chi connectivity index (χ3v) is 5.78. The second-order valence-electron chi connectivity index (χ2n) is 5.81. The van der Waals surface area contributed by atoms with Crippen LogP contribution in [0.25, 0.3) is 0 Å². The minimum atomic E-state index is -3.25. The van der Waals surface area contributed by atoms with E-state index in [1.807, 2.05) is 0 Å². The molecule has 0 heterocycles. The second kappa shape index (κ2) is 8.68. The number of aryl methyl sites for hydroxylation is 1. The summed E-state index contributed by atoms with van der Waals surface area (Å²) >= 11 is 0. The van der Waals surface area contributed by atoms with Crippen LogP contribution < -0.4 is 10.1 Å². The maximum absolute atomic E-state index is 12.2. The number of carbonyl (C=O) groups is 2. The number of ether oxygens (including phenoxy) is 1. The molecule has 144 valence electrons. The van der Waals surface area contributed by atoms with Gasteiger partial charge in [-0.05, 0) is 42.3 Å². The molecular weight excluding hydrogens is 370 g/mol. The first-order valence-corrected chi connectivity index (χ1v) is 9.95. The molecule has 0 aliphatic heterocycles. The standard InChI is InChI=1S/C19H21NO6S/c1-3-27(24,25)15-8-4-13(5-9-15)6-11-18(21)20-17-10-7-14(26-2)12-16(17)19(22)23/h4-5,7-10,12H,3,6,11H2,1-2H3,(H,20,21)(H,22,23). The van der Waals surface area contributed by atoms with Crippen molar-refractivity contribution in [1.29, 1.82) is 0 Å². The second-order valence-corrected chi connectivity index (χ2v) is 8.09. The molecule has 0 unspecified atom stereocenters. The molecule has 1 amide bonds. The first-order valence-electron chi connectivity index (χ1n) is 8.29. The summed E-state index contributed by atoms with van der Waals surface area (Å²) in [4.78, 5) is 23.7. The molecule has 0 fully saturated rings. The van der Waals surface area contributed by atoms with Crippen molar-refractivity contribution in [2.45, 2.75) is 24.7 Å². The normalized spacial score (nSPS) is 11.0. The van der Waals surface area contributed by atoms with Crippen LogP contribution in [0.3, 0.4) is 0 Å². The lowest BCUT2D eigenvalue weighted by Gasteiger charge is -2.10. The Balaban J connectivity index is 2.02. The van der Waals surface area contributed by atoms with Gasteiger partial charge in [0.2, 0.25) is 5.91 Å². The Kier molecular flexibility index (Phi) is 6.57. The SMILES string of the molecule is CCS(=O)(=O)c1ccc(CCC(=O)Nc2ccc(OC)cc2C(=O)O)cc1. The van der Waals surface area contributed by atoms with Gasteiger partial charge in [0.15, 0.2) is 9.84 Å². The Labute approximate surface area is 157 Å². The van der Waals surface area contributed by atoms with E-state index in [0.29, 0.717) is 12.2 Å². The zero-order valence-electron chi connectivity index (χ0n) is 15.1. The number of anilines is 1. The minimum Gasteiger partial charge on any atom is -0.497 e. The summed E-state index contributed by atoms with van der Waals surface area (Å²) in [6, 6.07) is 10.8. The van der Waals surface area contributed by atoms with Gasteiger partial charge in [0.1, 0.15) is 5.75 Å². The predicted molar refractivity (Wildman–Crippen MR) is 101 cm³/mol. The van der Waals surface area contributed by atoms with Crippen LogP contribution in [-0.2, 0) is 21.1 Å². The molecule has 0 aromatic heterocycles. The highest BCUT2D eigenvalue weighted by Crippen LogP contribution is 2.22. The molecule has 7 nitrogen and oxygen atoms in total. The quantitative estimate of drug-likeness (QED) is 0.716. The first-order chi connectivity index (χ1) is 12.8. The van der Waals surface area contributed by atoms with E-state index in [0.717, 1.165) is 5.56 Å². The number of methoxy groups -OCH3 is 1. The Morgan fingerprint density at radius 3 is 2.33 bits per heavy atom. The molecule has 2 rings (SSSR count). The fraction of sp³-hybridized carbons (Fsp3) is 0.263. The van der Waals surface area contributed by atoms with Crippen LogP contribution in [0, 0.1) is 0 Å². The minimum absolute atomic E-state index is 0.0303. The molecule has 2 N–H and O–H groups in total. The van der Waals surface area contributed by atoms with Gasteiger partial charge >= 0.3 is 5.97 Å². The van der Waals surface area contributed by atoms with Crippen molar-refractivity contribution in [3.8, 4) is 5.75 Å². The predicted octanol–water partition coefficient (Wildman–Crippen LogP) is 2.76. The van der Waals surface area contributed by atoms with Gasteiger partial charge in [0.25, 0.3) is 0 Å². The van der Waals surface area contributed by atoms with E-state index >= 15 is 0 Å². The molecule has 0 aliphatic rings. The van der Waals surface area contributed by atoms with Crippen molar-refractivity contribution in [3.05, 3.63) is 53.6 Å². The molecule has 0 radical (unpaired) electrons. The fourth-order valence-electron chi connectivity index (χ4n) is 2.44. The van der Waals surface area contributed by atoms with Crippen LogP contribution in [0.4, 0.5) is 5.69 Å². The van der Waals surface area contributed by atoms with Crippen molar-refractivity contribution in [2.75, 3.05) is 18.2 Å². The highest BCUT2D eigenvalue weighted by Gasteiger charge is 2.14. The molecule has 0 aliphatic carbocycles. The molecule has 27 heavy (non-hydrogen) atoms. The number of carboxylic acids is 1. The van der Waals surface area contributed by atoms with E-state index in [4.69, 9.17) is 4.74 Å². The van der Waals surface area contributed by atoms with Gasteiger partial charge in [0.05, 0.1) is 29.0 Å². The number of carboxylic acid groups (broad SMARTS) is 1. The number of carbonyl (C=O) groups excluding carboxylic acids is 1. The zero-order valence-corrected chi connectivity index (χ0v) is 15.9. The van der Waals surface area contributed by atoms with E-state index in [1.54, 1.807) is 25.1 Å². The van der Waals surface area contributed by atoms with Crippen LogP contribution in [-0.4, -0.2) is 38.3 Å². The third kappa shape index (κ3) is 5.30.